The van der Waals surface area contributed by atoms with Crippen LogP contribution < -0.4 is 11.1 Å². The van der Waals surface area contributed by atoms with Crippen LogP contribution in [-0.2, 0) is 0 Å². The van der Waals surface area contributed by atoms with Gasteiger partial charge in [0.25, 0.3) is 0 Å². The molecule has 1 aliphatic heterocycles. The van der Waals surface area contributed by atoms with Crippen LogP contribution in [0.2, 0.25) is 0 Å². The van der Waals surface area contributed by atoms with Crippen LogP contribution in [0, 0.1) is 5.92 Å². The Morgan fingerprint density at radius 2 is 2.00 bits per heavy atom. The Kier molecular flexibility index (Phi) is 2.89. The molecule has 2 aliphatic rings. The summed E-state index contributed by atoms with van der Waals surface area (Å²) >= 11 is 0. The SMILES string of the molecule is NC1=N[C@@H](c2ccccc2)[C@H](C2C=CC=CC2)N1. The highest BCUT2D eigenvalue weighted by Crippen LogP contribution is 2.32. The zero-order chi connectivity index (χ0) is 12.4. The first kappa shape index (κ1) is 11.1. The third-order valence-corrected chi connectivity index (χ3v) is 3.55. The first-order valence-electron chi connectivity index (χ1n) is 6.33. The lowest BCUT2D eigenvalue weighted by Crippen LogP contribution is -2.40. The summed E-state index contributed by atoms with van der Waals surface area (Å²) in [6.07, 6.45) is 9.67. The zero-order valence-corrected chi connectivity index (χ0v) is 10.2. The van der Waals surface area contributed by atoms with Gasteiger partial charge in [-0.05, 0) is 12.0 Å². The number of nitrogens with zero attached hydrogens (tertiary/aromatic N) is 1. The Hall–Kier alpha value is -2.03. The largest absolute Gasteiger partial charge is 0.370 e. The average molecular weight is 239 g/mol. The molecule has 1 aliphatic carbocycles. The quantitative estimate of drug-likeness (QED) is 0.830. The molecule has 3 rings (SSSR count). The van der Waals surface area contributed by atoms with Crippen molar-refractivity contribution in [3.63, 3.8) is 0 Å². The highest BCUT2D eigenvalue weighted by atomic mass is 15.2. The number of allylic oxidation sites excluding steroid dienone is 3. The van der Waals surface area contributed by atoms with Crippen LogP contribution in [0.1, 0.15) is 18.0 Å². The third kappa shape index (κ3) is 2.04. The Morgan fingerprint density at radius 1 is 1.17 bits per heavy atom. The summed E-state index contributed by atoms with van der Waals surface area (Å²) in [4.78, 5) is 4.54. The molecule has 0 saturated carbocycles. The maximum atomic E-state index is 5.86. The molecule has 0 aromatic heterocycles. The number of hydrogen-bond donors (Lipinski definition) is 2. The van der Waals surface area contributed by atoms with E-state index >= 15 is 0 Å². The van der Waals surface area contributed by atoms with Gasteiger partial charge in [-0.1, -0.05) is 54.6 Å². The highest BCUT2D eigenvalue weighted by molar-refractivity contribution is 5.80. The second-order valence-corrected chi connectivity index (χ2v) is 4.75. The summed E-state index contributed by atoms with van der Waals surface area (Å²) < 4.78 is 0. The number of nitrogens with one attached hydrogen (secondary N) is 1. The van der Waals surface area contributed by atoms with E-state index in [4.69, 9.17) is 5.73 Å². The van der Waals surface area contributed by atoms with Crippen molar-refractivity contribution < 1.29 is 0 Å². The van der Waals surface area contributed by atoms with E-state index in [-0.39, 0.29) is 12.1 Å². The van der Waals surface area contributed by atoms with Crippen molar-refractivity contribution in [3.8, 4) is 0 Å². The van der Waals surface area contributed by atoms with Gasteiger partial charge in [0.2, 0.25) is 0 Å². The number of benzene rings is 1. The molecule has 1 aromatic carbocycles. The van der Waals surface area contributed by atoms with Crippen LogP contribution in [-0.4, -0.2) is 12.0 Å². The summed E-state index contributed by atoms with van der Waals surface area (Å²) in [5, 5.41) is 3.31. The molecule has 1 aromatic rings. The fourth-order valence-electron chi connectivity index (χ4n) is 2.66. The van der Waals surface area contributed by atoms with E-state index in [0.717, 1.165) is 6.42 Å². The van der Waals surface area contributed by atoms with Gasteiger partial charge in [0.15, 0.2) is 5.96 Å². The predicted molar refractivity (Wildman–Crippen MR) is 74.1 cm³/mol. The molecule has 0 radical (unpaired) electrons. The van der Waals surface area contributed by atoms with Crippen molar-refractivity contribution in [2.45, 2.75) is 18.5 Å². The lowest BCUT2D eigenvalue weighted by Gasteiger charge is -2.26. The number of aliphatic imine (C=N–C) groups is 1. The van der Waals surface area contributed by atoms with Gasteiger partial charge < -0.3 is 11.1 Å². The van der Waals surface area contributed by atoms with Gasteiger partial charge in [0, 0.05) is 5.92 Å². The summed E-state index contributed by atoms with van der Waals surface area (Å²) in [5.74, 6) is 1.00. The minimum absolute atomic E-state index is 0.118. The first-order chi connectivity index (χ1) is 8.84. The van der Waals surface area contributed by atoms with Crippen molar-refractivity contribution in [2.24, 2.45) is 16.6 Å². The maximum Gasteiger partial charge on any atom is 0.189 e. The minimum atomic E-state index is 0.118. The summed E-state index contributed by atoms with van der Waals surface area (Å²) in [6.45, 7) is 0. The Morgan fingerprint density at radius 3 is 2.72 bits per heavy atom. The van der Waals surface area contributed by atoms with E-state index < -0.39 is 0 Å². The number of guanidine groups is 1. The van der Waals surface area contributed by atoms with Gasteiger partial charge >= 0.3 is 0 Å². The molecule has 92 valence electrons. The summed E-state index contributed by atoms with van der Waals surface area (Å²) in [6, 6.07) is 10.7. The van der Waals surface area contributed by atoms with Crippen LogP contribution >= 0.6 is 0 Å². The Balaban J connectivity index is 1.87. The van der Waals surface area contributed by atoms with Crippen LogP contribution in [0.5, 0.6) is 0 Å². The van der Waals surface area contributed by atoms with E-state index in [9.17, 15) is 0 Å². The second-order valence-electron chi connectivity index (χ2n) is 4.75. The standard InChI is InChI=1S/C15H17N3/c16-15-17-13(11-7-3-1-4-8-11)14(18-15)12-9-5-2-6-10-12/h1-9,12-14H,10H2,(H3,16,17,18)/t12?,13-,14-/m0/s1. The molecule has 0 bridgehead atoms. The normalized spacial score (nSPS) is 30.0. The van der Waals surface area contributed by atoms with Crippen molar-refractivity contribution >= 4 is 5.96 Å². The monoisotopic (exact) mass is 239 g/mol. The van der Waals surface area contributed by atoms with Gasteiger partial charge in [-0.25, -0.2) is 4.99 Å². The van der Waals surface area contributed by atoms with Crippen LogP contribution in [0.4, 0.5) is 0 Å². The molecule has 3 atom stereocenters. The van der Waals surface area contributed by atoms with E-state index in [0.29, 0.717) is 11.9 Å². The molecular formula is C15H17N3. The highest BCUT2D eigenvalue weighted by Gasteiger charge is 2.33. The van der Waals surface area contributed by atoms with Gasteiger partial charge in [0.05, 0.1) is 12.1 Å². The summed E-state index contributed by atoms with van der Waals surface area (Å²) in [7, 11) is 0. The molecule has 0 spiro atoms. The van der Waals surface area contributed by atoms with E-state index in [1.807, 2.05) is 18.2 Å². The molecule has 3 heteroatoms. The number of rotatable bonds is 2. The van der Waals surface area contributed by atoms with Crippen molar-refractivity contribution in [2.75, 3.05) is 0 Å². The maximum absolute atomic E-state index is 5.86. The molecule has 0 saturated heterocycles. The lowest BCUT2D eigenvalue weighted by atomic mass is 9.86. The van der Waals surface area contributed by atoms with Gasteiger partial charge in [-0.15, -0.1) is 0 Å². The second kappa shape index (κ2) is 4.69. The van der Waals surface area contributed by atoms with E-state index in [1.54, 1.807) is 0 Å². The fraction of sp³-hybridized carbons (Fsp3) is 0.267. The van der Waals surface area contributed by atoms with Crippen molar-refractivity contribution in [3.05, 3.63) is 60.2 Å². The van der Waals surface area contributed by atoms with Gasteiger partial charge in [-0.3, -0.25) is 0 Å². The first-order valence-corrected chi connectivity index (χ1v) is 6.33. The molecule has 0 fully saturated rings. The van der Waals surface area contributed by atoms with Gasteiger partial charge in [0.1, 0.15) is 0 Å². The lowest BCUT2D eigenvalue weighted by molar-refractivity contribution is 0.424. The Labute approximate surface area is 107 Å². The van der Waals surface area contributed by atoms with Crippen LogP contribution in [0.25, 0.3) is 0 Å². The van der Waals surface area contributed by atoms with Crippen LogP contribution in [0.3, 0.4) is 0 Å². The third-order valence-electron chi connectivity index (χ3n) is 3.55. The molecule has 1 unspecified atom stereocenters. The number of hydrogen-bond acceptors (Lipinski definition) is 3. The smallest absolute Gasteiger partial charge is 0.189 e. The molecule has 0 amide bonds. The topological polar surface area (TPSA) is 50.4 Å². The summed E-state index contributed by atoms with van der Waals surface area (Å²) in [5.41, 5.74) is 7.08. The van der Waals surface area contributed by atoms with E-state index in [1.165, 1.54) is 5.56 Å². The molecule has 18 heavy (non-hydrogen) atoms. The zero-order valence-electron chi connectivity index (χ0n) is 10.2. The van der Waals surface area contributed by atoms with Crippen LogP contribution in [0.15, 0.2) is 59.6 Å². The molecule has 3 N–H and O–H groups in total. The van der Waals surface area contributed by atoms with Gasteiger partial charge in [-0.2, -0.15) is 0 Å². The predicted octanol–water partition coefficient (Wildman–Crippen LogP) is 2.15. The fourth-order valence-corrected chi connectivity index (χ4v) is 2.66. The van der Waals surface area contributed by atoms with Crippen molar-refractivity contribution in [1.29, 1.82) is 0 Å². The number of nitrogens with two attached hydrogens (primary N) is 1. The molecule has 3 nitrogen and oxygen atoms in total. The minimum Gasteiger partial charge on any atom is -0.370 e. The van der Waals surface area contributed by atoms with E-state index in [2.05, 4.69) is 46.7 Å². The molecular weight excluding hydrogens is 222 g/mol. The average Bonchev–Trinajstić information content (AvgIpc) is 2.83. The van der Waals surface area contributed by atoms with Crippen molar-refractivity contribution in [1.82, 2.24) is 5.32 Å². The Bertz CT molecular complexity index is 502. The molecule has 1 heterocycles.